The summed E-state index contributed by atoms with van der Waals surface area (Å²) in [4.78, 5) is 32.4. The van der Waals surface area contributed by atoms with Crippen LogP contribution in [0, 0.1) is 0 Å². The van der Waals surface area contributed by atoms with Crippen molar-refractivity contribution in [2.24, 2.45) is 5.73 Å². The minimum atomic E-state index is -1.18. The highest BCUT2D eigenvalue weighted by Gasteiger charge is 2.20. The van der Waals surface area contributed by atoms with Crippen molar-refractivity contribution in [2.75, 3.05) is 12.0 Å². The molecule has 0 aliphatic carbocycles. The van der Waals surface area contributed by atoms with E-state index in [-0.39, 0.29) is 18.6 Å². The van der Waals surface area contributed by atoms with Crippen molar-refractivity contribution in [2.45, 2.75) is 24.9 Å². The summed E-state index contributed by atoms with van der Waals surface area (Å²) in [6.45, 7) is 0. The molecule has 0 aromatic heterocycles. The zero-order valence-electron chi connectivity index (χ0n) is 9.38. The molecule has 0 fully saturated rings. The zero-order valence-corrected chi connectivity index (χ0v) is 10.2. The summed E-state index contributed by atoms with van der Waals surface area (Å²) in [6.07, 6.45) is 1.60. The first-order valence-electron chi connectivity index (χ1n) is 4.88. The Hall–Kier alpha value is -1.28. The molecular formula is C9H16N2O5S. The maximum absolute atomic E-state index is 11.3. The van der Waals surface area contributed by atoms with Crippen LogP contribution in [0.4, 0.5) is 0 Å². The molecule has 0 aromatic rings. The van der Waals surface area contributed by atoms with Crippen LogP contribution in [-0.4, -0.2) is 52.2 Å². The molecule has 17 heavy (non-hydrogen) atoms. The van der Waals surface area contributed by atoms with Crippen molar-refractivity contribution in [3.63, 3.8) is 0 Å². The van der Waals surface area contributed by atoms with E-state index in [9.17, 15) is 14.4 Å². The standard InChI is InChI=1S/C9H16N2O5S/c1-17-4-6(9(15)16)11-7(12)3-2-5(10)8(13)14/h5-6H,2-4,10H2,1H3,(H,11,12)(H,13,14)(H,15,16)/t5-,6-/m0/s1. The van der Waals surface area contributed by atoms with Gasteiger partial charge in [0.1, 0.15) is 12.1 Å². The maximum atomic E-state index is 11.3. The lowest BCUT2D eigenvalue weighted by atomic mass is 10.1. The Morgan fingerprint density at radius 1 is 1.29 bits per heavy atom. The largest absolute Gasteiger partial charge is 0.480 e. The second-order valence-electron chi connectivity index (χ2n) is 3.40. The normalized spacial score (nSPS) is 13.8. The number of rotatable bonds is 8. The second kappa shape index (κ2) is 7.91. The van der Waals surface area contributed by atoms with Crippen LogP contribution < -0.4 is 11.1 Å². The summed E-state index contributed by atoms with van der Waals surface area (Å²) in [5.41, 5.74) is 5.21. The number of carboxylic acids is 2. The molecule has 8 heteroatoms. The van der Waals surface area contributed by atoms with Gasteiger partial charge >= 0.3 is 11.9 Å². The van der Waals surface area contributed by atoms with Crippen LogP contribution in [0.15, 0.2) is 0 Å². The highest BCUT2D eigenvalue weighted by Crippen LogP contribution is 2.00. The van der Waals surface area contributed by atoms with E-state index in [0.29, 0.717) is 0 Å². The van der Waals surface area contributed by atoms with Crippen LogP contribution in [0.25, 0.3) is 0 Å². The molecule has 0 saturated carbocycles. The average Bonchev–Trinajstić information content (AvgIpc) is 2.24. The molecule has 0 rings (SSSR count). The van der Waals surface area contributed by atoms with Crippen LogP contribution in [0.3, 0.4) is 0 Å². The van der Waals surface area contributed by atoms with Crippen LogP contribution in [0.2, 0.25) is 0 Å². The van der Waals surface area contributed by atoms with Gasteiger partial charge in [-0.1, -0.05) is 0 Å². The highest BCUT2D eigenvalue weighted by molar-refractivity contribution is 7.98. The Morgan fingerprint density at radius 2 is 1.88 bits per heavy atom. The lowest BCUT2D eigenvalue weighted by Crippen LogP contribution is -2.43. The van der Waals surface area contributed by atoms with Crippen molar-refractivity contribution < 1.29 is 24.6 Å². The zero-order chi connectivity index (χ0) is 13.4. The molecule has 0 aromatic carbocycles. The monoisotopic (exact) mass is 264 g/mol. The van der Waals surface area contributed by atoms with Crippen molar-refractivity contribution >= 4 is 29.6 Å². The van der Waals surface area contributed by atoms with Gasteiger partial charge in [0.25, 0.3) is 0 Å². The molecule has 0 aliphatic rings. The topological polar surface area (TPSA) is 130 Å². The first-order chi connectivity index (χ1) is 7.88. The van der Waals surface area contributed by atoms with Crippen molar-refractivity contribution in [3.8, 4) is 0 Å². The predicted molar refractivity (Wildman–Crippen MR) is 62.8 cm³/mol. The molecule has 0 unspecified atom stereocenters. The maximum Gasteiger partial charge on any atom is 0.327 e. The van der Waals surface area contributed by atoms with Crippen LogP contribution >= 0.6 is 11.8 Å². The first-order valence-corrected chi connectivity index (χ1v) is 6.27. The molecular weight excluding hydrogens is 248 g/mol. The van der Waals surface area contributed by atoms with Crippen LogP contribution in [-0.2, 0) is 14.4 Å². The number of amides is 1. The number of thioether (sulfide) groups is 1. The lowest BCUT2D eigenvalue weighted by Gasteiger charge is -2.13. The van der Waals surface area contributed by atoms with Crippen LogP contribution in [0.5, 0.6) is 0 Å². The summed E-state index contributed by atoms with van der Waals surface area (Å²) in [6, 6.07) is -2.07. The van der Waals surface area contributed by atoms with Gasteiger partial charge in [-0.25, -0.2) is 4.79 Å². The van der Waals surface area contributed by atoms with Gasteiger partial charge in [0.05, 0.1) is 0 Å². The number of aliphatic carboxylic acids is 2. The number of hydrogen-bond acceptors (Lipinski definition) is 5. The van der Waals surface area contributed by atoms with Crippen molar-refractivity contribution in [3.05, 3.63) is 0 Å². The molecule has 2 atom stereocenters. The highest BCUT2D eigenvalue weighted by atomic mass is 32.2. The molecule has 0 spiro atoms. The Bertz CT molecular complexity index is 297. The minimum absolute atomic E-state index is 0.0211. The van der Waals surface area contributed by atoms with E-state index in [4.69, 9.17) is 15.9 Å². The van der Waals surface area contributed by atoms with Gasteiger partial charge in [-0.15, -0.1) is 0 Å². The summed E-state index contributed by atoms with van der Waals surface area (Å²) in [5.74, 6) is -2.55. The molecule has 1 amide bonds. The smallest absolute Gasteiger partial charge is 0.327 e. The van der Waals surface area contributed by atoms with E-state index in [1.54, 1.807) is 6.26 Å². The van der Waals surface area contributed by atoms with Gasteiger partial charge in [-0.2, -0.15) is 11.8 Å². The van der Waals surface area contributed by atoms with E-state index in [1.807, 2.05) is 0 Å². The first kappa shape index (κ1) is 15.7. The van der Waals surface area contributed by atoms with E-state index in [1.165, 1.54) is 11.8 Å². The third kappa shape index (κ3) is 6.80. The molecule has 0 aliphatic heterocycles. The molecule has 0 saturated heterocycles. The SMILES string of the molecule is CSC[C@H](NC(=O)CC[C@H](N)C(=O)O)C(=O)O. The molecule has 0 bridgehead atoms. The van der Waals surface area contributed by atoms with Gasteiger partial charge in [-0.3, -0.25) is 9.59 Å². The summed E-state index contributed by atoms with van der Waals surface area (Å²) < 4.78 is 0. The third-order valence-corrected chi connectivity index (χ3v) is 2.63. The summed E-state index contributed by atoms with van der Waals surface area (Å²) in [7, 11) is 0. The quantitative estimate of drug-likeness (QED) is 0.447. The van der Waals surface area contributed by atoms with Gasteiger partial charge in [0.2, 0.25) is 5.91 Å². The Labute approximate surface area is 103 Å². The molecule has 0 radical (unpaired) electrons. The van der Waals surface area contributed by atoms with E-state index in [0.717, 1.165) is 0 Å². The average molecular weight is 264 g/mol. The fraction of sp³-hybridized carbons (Fsp3) is 0.667. The molecule has 7 nitrogen and oxygen atoms in total. The lowest BCUT2D eigenvalue weighted by molar-refractivity contribution is -0.141. The fourth-order valence-corrected chi connectivity index (χ4v) is 1.58. The molecule has 98 valence electrons. The van der Waals surface area contributed by atoms with E-state index < -0.39 is 29.9 Å². The summed E-state index contributed by atoms with van der Waals surface area (Å²) in [5, 5.41) is 19.6. The van der Waals surface area contributed by atoms with Crippen molar-refractivity contribution in [1.82, 2.24) is 5.32 Å². The third-order valence-electron chi connectivity index (χ3n) is 1.97. The Kier molecular flexibility index (Phi) is 7.31. The fourth-order valence-electron chi connectivity index (χ4n) is 1.02. The number of carbonyl (C=O) groups excluding carboxylic acids is 1. The number of hydrogen-bond donors (Lipinski definition) is 4. The van der Waals surface area contributed by atoms with E-state index in [2.05, 4.69) is 5.32 Å². The molecule has 5 N–H and O–H groups in total. The van der Waals surface area contributed by atoms with Gasteiger partial charge in [-0.05, 0) is 12.7 Å². The van der Waals surface area contributed by atoms with Crippen LogP contribution in [0.1, 0.15) is 12.8 Å². The number of nitrogens with two attached hydrogens (primary N) is 1. The second-order valence-corrected chi connectivity index (χ2v) is 4.31. The van der Waals surface area contributed by atoms with Gasteiger partial charge in [0, 0.05) is 12.2 Å². The molecule has 0 heterocycles. The minimum Gasteiger partial charge on any atom is -0.480 e. The number of carbonyl (C=O) groups is 3. The van der Waals surface area contributed by atoms with Gasteiger partial charge < -0.3 is 21.3 Å². The Morgan fingerprint density at radius 3 is 2.29 bits per heavy atom. The predicted octanol–water partition coefficient (Wildman–Crippen LogP) is -0.889. The number of nitrogens with one attached hydrogen (secondary N) is 1. The Balaban J connectivity index is 4.06. The van der Waals surface area contributed by atoms with Crippen molar-refractivity contribution in [1.29, 1.82) is 0 Å². The summed E-state index contributed by atoms with van der Waals surface area (Å²) >= 11 is 1.29. The number of carboxylic acid groups (broad SMARTS) is 2. The van der Waals surface area contributed by atoms with E-state index >= 15 is 0 Å². The van der Waals surface area contributed by atoms with Gasteiger partial charge in [0.15, 0.2) is 0 Å².